The normalized spacial score (nSPS) is 11.4. The summed E-state index contributed by atoms with van der Waals surface area (Å²) >= 11 is 0. The number of halogens is 3. The number of aryl methyl sites for hydroxylation is 1. The molecule has 1 heterocycles. The second-order valence-electron chi connectivity index (χ2n) is 6.20. The molecule has 0 atom stereocenters. The highest BCUT2D eigenvalue weighted by Crippen LogP contribution is 2.22. The zero-order valence-electron chi connectivity index (χ0n) is 14.4. The first-order valence-corrected chi connectivity index (χ1v) is 8.41. The van der Waals surface area contributed by atoms with Crippen LogP contribution in [0.15, 0.2) is 67.3 Å². The van der Waals surface area contributed by atoms with Gasteiger partial charge in [-0.3, -0.25) is 4.79 Å². The van der Waals surface area contributed by atoms with Crippen LogP contribution in [0.4, 0.5) is 18.9 Å². The molecule has 0 saturated heterocycles. The molecule has 0 unspecified atom stereocenters. The van der Waals surface area contributed by atoms with Crippen molar-refractivity contribution in [3.05, 3.63) is 83.9 Å². The van der Waals surface area contributed by atoms with Crippen LogP contribution in [0.25, 0.3) is 0 Å². The molecule has 1 N–H and O–H groups in total. The highest BCUT2D eigenvalue weighted by Gasteiger charge is 2.26. The molecule has 2 aromatic carbocycles. The van der Waals surface area contributed by atoms with Crippen molar-refractivity contribution < 1.29 is 18.0 Å². The maximum Gasteiger partial charge on any atom is 0.389 e. The van der Waals surface area contributed by atoms with Crippen LogP contribution in [0.2, 0.25) is 0 Å². The molecule has 7 heteroatoms. The summed E-state index contributed by atoms with van der Waals surface area (Å²) < 4.78 is 38.7. The van der Waals surface area contributed by atoms with Crippen molar-refractivity contribution in [2.24, 2.45) is 0 Å². The summed E-state index contributed by atoms with van der Waals surface area (Å²) in [6.45, 7) is 0.606. The molecular formula is C20H18F3N3O. The molecule has 0 radical (unpaired) electrons. The maximum absolute atomic E-state index is 12.4. The first-order chi connectivity index (χ1) is 12.9. The Balaban J connectivity index is 1.61. The third kappa shape index (κ3) is 5.70. The van der Waals surface area contributed by atoms with Crippen LogP contribution in [-0.2, 0) is 13.0 Å². The van der Waals surface area contributed by atoms with E-state index in [1.54, 1.807) is 55.0 Å². The molecule has 0 bridgehead atoms. The van der Waals surface area contributed by atoms with Gasteiger partial charge >= 0.3 is 6.18 Å². The second kappa shape index (κ2) is 8.07. The summed E-state index contributed by atoms with van der Waals surface area (Å²) in [6, 6.07) is 13.6. The Morgan fingerprint density at radius 3 is 2.52 bits per heavy atom. The van der Waals surface area contributed by atoms with E-state index in [1.807, 2.05) is 16.8 Å². The number of benzene rings is 2. The predicted molar refractivity (Wildman–Crippen MR) is 96.5 cm³/mol. The van der Waals surface area contributed by atoms with Crippen LogP contribution >= 0.6 is 0 Å². The molecule has 1 amide bonds. The second-order valence-corrected chi connectivity index (χ2v) is 6.20. The first-order valence-electron chi connectivity index (χ1n) is 8.41. The van der Waals surface area contributed by atoms with E-state index in [0.29, 0.717) is 23.4 Å². The van der Waals surface area contributed by atoms with Crippen molar-refractivity contribution in [1.29, 1.82) is 0 Å². The fourth-order valence-corrected chi connectivity index (χ4v) is 2.65. The molecule has 0 spiro atoms. The molecule has 1 aromatic heterocycles. The van der Waals surface area contributed by atoms with Crippen molar-refractivity contribution >= 4 is 11.6 Å². The number of hydrogen-bond donors (Lipinski definition) is 1. The average molecular weight is 373 g/mol. The number of nitrogens with zero attached hydrogens (tertiary/aromatic N) is 2. The summed E-state index contributed by atoms with van der Waals surface area (Å²) in [5, 5.41) is 2.76. The number of rotatable bonds is 6. The third-order valence-electron chi connectivity index (χ3n) is 4.02. The Morgan fingerprint density at radius 1 is 1.07 bits per heavy atom. The average Bonchev–Trinajstić information content (AvgIpc) is 3.14. The van der Waals surface area contributed by atoms with Crippen molar-refractivity contribution in [3.63, 3.8) is 0 Å². The number of carbonyl (C=O) groups excluding carboxylic acids is 1. The van der Waals surface area contributed by atoms with Gasteiger partial charge in [0, 0.05) is 36.6 Å². The highest BCUT2D eigenvalue weighted by molar-refractivity contribution is 6.04. The molecule has 3 rings (SSSR count). The van der Waals surface area contributed by atoms with Gasteiger partial charge < -0.3 is 9.88 Å². The summed E-state index contributed by atoms with van der Waals surface area (Å²) in [6.07, 6.45) is 0.125. The van der Waals surface area contributed by atoms with E-state index in [9.17, 15) is 18.0 Å². The SMILES string of the molecule is O=C(Nc1ccc(CCC(F)(F)F)cc1)c1cccc(Cn2ccnc2)c1. The predicted octanol–water partition coefficient (Wildman–Crippen LogP) is 4.68. The largest absolute Gasteiger partial charge is 0.389 e. The number of anilines is 1. The molecule has 27 heavy (non-hydrogen) atoms. The van der Waals surface area contributed by atoms with Crippen molar-refractivity contribution in [2.45, 2.75) is 25.6 Å². The summed E-state index contributed by atoms with van der Waals surface area (Å²) in [7, 11) is 0. The first kappa shape index (κ1) is 18.7. The van der Waals surface area contributed by atoms with Crippen LogP contribution in [0.1, 0.15) is 27.9 Å². The Labute approximate surface area is 154 Å². The molecule has 0 saturated carbocycles. The summed E-state index contributed by atoms with van der Waals surface area (Å²) in [5.41, 5.74) is 2.58. The van der Waals surface area contributed by atoms with Gasteiger partial charge in [0.25, 0.3) is 5.91 Å². The minimum absolute atomic E-state index is 0.0754. The van der Waals surface area contributed by atoms with Gasteiger partial charge in [0.1, 0.15) is 0 Å². The maximum atomic E-state index is 12.4. The lowest BCUT2D eigenvalue weighted by atomic mass is 10.1. The lowest BCUT2D eigenvalue weighted by molar-refractivity contribution is -0.133. The molecule has 140 valence electrons. The Morgan fingerprint density at radius 2 is 1.85 bits per heavy atom. The van der Waals surface area contributed by atoms with Gasteiger partial charge in [0.15, 0.2) is 0 Å². The van der Waals surface area contributed by atoms with E-state index >= 15 is 0 Å². The number of hydrogen-bond acceptors (Lipinski definition) is 2. The van der Waals surface area contributed by atoms with E-state index in [2.05, 4.69) is 10.3 Å². The van der Waals surface area contributed by atoms with Crippen LogP contribution < -0.4 is 5.32 Å². The van der Waals surface area contributed by atoms with Crippen LogP contribution in [0.5, 0.6) is 0 Å². The van der Waals surface area contributed by atoms with Crippen LogP contribution in [0.3, 0.4) is 0 Å². The number of aromatic nitrogens is 2. The molecule has 0 aliphatic carbocycles. The Kier molecular flexibility index (Phi) is 5.59. The van der Waals surface area contributed by atoms with Gasteiger partial charge in [0.2, 0.25) is 0 Å². The van der Waals surface area contributed by atoms with E-state index < -0.39 is 12.6 Å². The van der Waals surface area contributed by atoms with E-state index in [-0.39, 0.29) is 12.3 Å². The molecule has 3 aromatic rings. The number of imidazole rings is 1. The quantitative estimate of drug-likeness (QED) is 0.682. The number of carbonyl (C=O) groups is 1. The van der Waals surface area contributed by atoms with E-state index in [4.69, 9.17) is 0 Å². The fourth-order valence-electron chi connectivity index (χ4n) is 2.65. The lowest BCUT2D eigenvalue weighted by Gasteiger charge is -2.09. The van der Waals surface area contributed by atoms with Crippen molar-refractivity contribution in [1.82, 2.24) is 9.55 Å². The highest BCUT2D eigenvalue weighted by atomic mass is 19.4. The summed E-state index contributed by atoms with van der Waals surface area (Å²) in [4.78, 5) is 16.4. The van der Waals surface area contributed by atoms with Crippen molar-refractivity contribution in [2.75, 3.05) is 5.32 Å². The number of nitrogens with one attached hydrogen (secondary N) is 1. The molecule has 4 nitrogen and oxygen atoms in total. The van der Waals surface area contributed by atoms with Crippen LogP contribution in [-0.4, -0.2) is 21.6 Å². The number of alkyl halides is 3. The zero-order chi connectivity index (χ0) is 19.3. The minimum atomic E-state index is -4.17. The summed E-state index contributed by atoms with van der Waals surface area (Å²) in [5.74, 6) is -0.273. The zero-order valence-corrected chi connectivity index (χ0v) is 14.4. The monoisotopic (exact) mass is 373 g/mol. The lowest BCUT2D eigenvalue weighted by Crippen LogP contribution is -2.12. The molecule has 0 aliphatic heterocycles. The molecule has 0 aliphatic rings. The molecular weight excluding hydrogens is 355 g/mol. The smallest absolute Gasteiger partial charge is 0.333 e. The van der Waals surface area contributed by atoms with Gasteiger partial charge in [0.05, 0.1) is 6.33 Å². The van der Waals surface area contributed by atoms with Gasteiger partial charge in [-0.05, 0) is 41.8 Å². The van der Waals surface area contributed by atoms with Gasteiger partial charge in [-0.1, -0.05) is 24.3 Å². The fraction of sp³-hybridized carbons (Fsp3) is 0.200. The standard InChI is InChI=1S/C20H18F3N3O/c21-20(22,23)9-8-15-4-6-18(7-5-15)25-19(27)17-3-1-2-16(12-17)13-26-11-10-24-14-26/h1-7,10-12,14H,8-9,13H2,(H,25,27). The minimum Gasteiger partial charge on any atom is -0.333 e. The molecule has 0 fully saturated rings. The topological polar surface area (TPSA) is 46.9 Å². The third-order valence-corrected chi connectivity index (χ3v) is 4.02. The Hall–Kier alpha value is -3.09. The van der Waals surface area contributed by atoms with Gasteiger partial charge in [-0.25, -0.2) is 4.98 Å². The number of amides is 1. The van der Waals surface area contributed by atoms with Crippen molar-refractivity contribution in [3.8, 4) is 0 Å². The van der Waals surface area contributed by atoms with E-state index in [1.165, 1.54) is 0 Å². The van der Waals surface area contributed by atoms with Crippen LogP contribution in [0, 0.1) is 0 Å². The van der Waals surface area contributed by atoms with Gasteiger partial charge in [-0.15, -0.1) is 0 Å². The van der Waals surface area contributed by atoms with Gasteiger partial charge in [-0.2, -0.15) is 13.2 Å². The Bertz CT molecular complexity index is 888. The van der Waals surface area contributed by atoms with E-state index in [0.717, 1.165) is 5.56 Å².